The Morgan fingerprint density at radius 3 is 2.68 bits per heavy atom. The number of ether oxygens (including phenoxy) is 1. The van der Waals surface area contributed by atoms with E-state index in [1.165, 1.54) is 6.08 Å². The Kier molecular flexibility index (Phi) is 8.97. The minimum absolute atomic E-state index is 0.163. The quantitative estimate of drug-likeness (QED) is 0.326. The van der Waals surface area contributed by atoms with Gasteiger partial charge < -0.3 is 19.6 Å². The van der Waals surface area contributed by atoms with Gasteiger partial charge >= 0.3 is 0 Å². The first-order chi connectivity index (χ1) is 17.9. The van der Waals surface area contributed by atoms with Crippen LogP contribution in [0.2, 0.25) is 0 Å². The van der Waals surface area contributed by atoms with Crippen LogP contribution in [-0.2, 0) is 14.8 Å². The van der Waals surface area contributed by atoms with Gasteiger partial charge in [0.05, 0.1) is 19.3 Å². The average Bonchev–Trinajstić information content (AvgIpc) is 3.39. The molecule has 196 valence electrons. The zero-order valence-corrected chi connectivity index (χ0v) is 21.6. The Morgan fingerprint density at radius 1 is 1.16 bits per heavy atom. The number of fused-ring (bicyclic) bond motifs is 1. The van der Waals surface area contributed by atoms with Crippen LogP contribution in [0.4, 0.5) is 5.69 Å². The van der Waals surface area contributed by atoms with Crippen molar-refractivity contribution in [2.45, 2.75) is 19.4 Å². The van der Waals surface area contributed by atoms with Crippen molar-refractivity contribution in [1.29, 1.82) is 5.26 Å². The summed E-state index contributed by atoms with van der Waals surface area (Å²) in [6.45, 7) is 6.95. The van der Waals surface area contributed by atoms with Crippen molar-refractivity contribution in [3.8, 4) is 17.4 Å². The van der Waals surface area contributed by atoms with E-state index in [2.05, 4.69) is 27.1 Å². The SMILES string of the molecule is CCC(O)CNS(=O)(=O)/C(C#N)=C/c1ccc(-c2ccc3cc(NCCN4CCOCC4)ccc3c2)o1. The highest BCUT2D eigenvalue weighted by atomic mass is 32.2. The third kappa shape index (κ3) is 7.19. The lowest BCUT2D eigenvalue weighted by Gasteiger charge is -2.26. The van der Waals surface area contributed by atoms with Crippen molar-refractivity contribution in [3.63, 3.8) is 0 Å². The molecule has 0 aliphatic carbocycles. The first-order valence-electron chi connectivity index (χ1n) is 12.4. The maximum absolute atomic E-state index is 12.4. The Labute approximate surface area is 217 Å². The highest BCUT2D eigenvalue weighted by molar-refractivity contribution is 7.93. The molecule has 1 fully saturated rings. The number of nitriles is 1. The molecule has 0 saturated carbocycles. The molecule has 2 heterocycles. The third-order valence-corrected chi connectivity index (χ3v) is 7.60. The second-order valence-electron chi connectivity index (χ2n) is 8.89. The standard InChI is InChI=1S/C27H32N4O5S/c1-2-24(32)19-30-37(33,34)26(18-28)17-25-7-8-27(36-25)22-4-3-21-16-23(6-5-20(21)15-22)29-9-10-31-11-13-35-14-12-31/h3-8,15-17,24,29-30,32H,2,9-14,19H2,1H3/b26-17+. The molecule has 4 rings (SSSR count). The summed E-state index contributed by atoms with van der Waals surface area (Å²) in [7, 11) is -4.06. The molecular weight excluding hydrogens is 492 g/mol. The molecule has 0 bridgehead atoms. The zero-order chi connectivity index (χ0) is 26.3. The molecule has 0 amide bonds. The highest BCUT2D eigenvalue weighted by Crippen LogP contribution is 2.28. The molecule has 0 radical (unpaired) electrons. The number of furan rings is 1. The van der Waals surface area contributed by atoms with E-state index in [0.717, 1.165) is 61.4 Å². The van der Waals surface area contributed by atoms with Crippen LogP contribution >= 0.6 is 0 Å². The van der Waals surface area contributed by atoms with E-state index in [4.69, 9.17) is 9.15 Å². The number of benzene rings is 2. The summed E-state index contributed by atoms with van der Waals surface area (Å²) in [5.74, 6) is 0.804. The predicted molar refractivity (Wildman–Crippen MR) is 144 cm³/mol. The first kappa shape index (κ1) is 26.9. The Hall–Kier alpha value is -3.20. The molecule has 1 saturated heterocycles. The predicted octanol–water partition coefficient (Wildman–Crippen LogP) is 3.40. The first-order valence-corrected chi connectivity index (χ1v) is 13.8. The lowest BCUT2D eigenvalue weighted by Crippen LogP contribution is -2.38. The summed E-state index contributed by atoms with van der Waals surface area (Å²) in [4.78, 5) is 1.91. The summed E-state index contributed by atoms with van der Waals surface area (Å²) in [6.07, 6.45) is 0.758. The summed E-state index contributed by atoms with van der Waals surface area (Å²) < 4.78 is 38.3. The molecule has 3 N–H and O–H groups in total. The summed E-state index contributed by atoms with van der Waals surface area (Å²) in [5, 5.41) is 24.6. The molecule has 9 nitrogen and oxygen atoms in total. The fourth-order valence-electron chi connectivity index (χ4n) is 4.00. The minimum Gasteiger partial charge on any atom is -0.457 e. The largest absolute Gasteiger partial charge is 0.457 e. The number of anilines is 1. The normalized spacial score (nSPS) is 16.0. The van der Waals surface area contributed by atoms with Gasteiger partial charge in [0.1, 0.15) is 17.6 Å². The second-order valence-corrected chi connectivity index (χ2v) is 10.6. The van der Waals surface area contributed by atoms with E-state index in [1.54, 1.807) is 25.1 Å². The lowest BCUT2D eigenvalue weighted by atomic mass is 10.0. The maximum atomic E-state index is 12.4. The molecule has 3 aromatic rings. The molecule has 1 unspecified atom stereocenters. The lowest BCUT2D eigenvalue weighted by molar-refractivity contribution is 0.0398. The number of hydrogen-bond donors (Lipinski definition) is 3. The van der Waals surface area contributed by atoms with E-state index in [9.17, 15) is 18.8 Å². The van der Waals surface area contributed by atoms with Gasteiger partial charge in [-0.2, -0.15) is 5.26 Å². The van der Waals surface area contributed by atoms with Crippen LogP contribution in [-0.4, -0.2) is 70.5 Å². The number of rotatable bonds is 11. The average molecular weight is 525 g/mol. The molecule has 37 heavy (non-hydrogen) atoms. The Morgan fingerprint density at radius 2 is 1.92 bits per heavy atom. The number of morpholine rings is 1. The Balaban J connectivity index is 1.43. The second kappa shape index (κ2) is 12.4. The Bertz CT molecular complexity index is 1390. The number of hydrogen-bond acceptors (Lipinski definition) is 8. The van der Waals surface area contributed by atoms with Crippen molar-refractivity contribution in [2.24, 2.45) is 0 Å². The maximum Gasteiger partial charge on any atom is 0.250 e. The molecular formula is C27H32N4O5S. The van der Waals surface area contributed by atoms with Crippen molar-refractivity contribution in [1.82, 2.24) is 9.62 Å². The smallest absolute Gasteiger partial charge is 0.250 e. The summed E-state index contributed by atoms with van der Waals surface area (Å²) in [6, 6.07) is 17.2. The minimum atomic E-state index is -4.06. The third-order valence-electron chi connectivity index (χ3n) is 6.27. The molecule has 10 heteroatoms. The van der Waals surface area contributed by atoms with Gasteiger partial charge in [-0.1, -0.05) is 25.1 Å². The van der Waals surface area contributed by atoms with Crippen LogP contribution in [0.5, 0.6) is 0 Å². The van der Waals surface area contributed by atoms with E-state index < -0.39 is 21.0 Å². The van der Waals surface area contributed by atoms with Gasteiger partial charge in [-0.25, -0.2) is 13.1 Å². The van der Waals surface area contributed by atoms with Crippen LogP contribution in [0.3, 0.4) is 0 Å². The molecule has 0 spiro atoms. The number of allylic oxidation sites excluding steroid dienone is 1. The fraction of sp³-hybridized carbons (Fsp3) is 0.370. The van der Waals surface area contributed by atoms with Crippen molar-refractivity contribution >= 4 is 32.6 Å². The van der Waals surface area contributed by atoms with Gasteiger partial charge in [0.15, 0.2) is 4.91 Å². The van der Waals surface area contributed by atoms with Crippen LogP contribution in [0.25, 0.3) is 28.2 Å². The van der Waals surface area contributed by atoms with E-state index in [0.29, 0.717) is 12.2 Å². The van der Waals surface area contributed by atoms with E-state index in [1.807, 2.05) is 24.3 Å². The van der Waals surface area contributed by atoms with Gasteiger partial charge in [0.25, 0.3) is 10.0 Å². The van der Waals surface area contributed by atoms with Gasteiger partial charge in [-0.3, -0.25) is 4.90 Å². The number of aliphatic hydroxyl groups is 1. The molecule has 1 aliphatic heterocycles. The monoisotopic (exact) mass is 524 g/mol. The van der Waals surface area contributed by atoms with Gasteiger partial charge in [0.2, 0.25) is 0 Å². The number of nitrogens with zero attached hydrogens (tertiary/aromatic N) is 2. The van der Waals surface area contributed by atoms with Gasteiger partial charge in [-0.05, 0) is 47.5 Å². The van der Waals surface area contributed by atoms with Gasteiger partial charge in [-0.15, -0.1) is 0 Å². The van der Waals surface area contributed by atoms with Crippen molar-refractivity contribution < 1.29 is 22.7 Å². The van der Waals surface area contributed by atoms with Gasteiger partial charge in [0, 0.05) is 50.1 Å². The van der Waals surface area contributed by atoms with Crippen molar-refractivity contribution in [2.75, 3.05) is 51.3 Å². The number of sulfonamides is 1. The number of nitrogens with one attached hydrogen (secondary N) is 2. The van der Waals surface area contributed by atoms with E-state index in [-0.39, 0.29) is 12.3 Å². The van der Waals surface area contributed by atoms with Crippen LogP contribution < -0.4 is 10.0 Å². The van der Waals surface area contributed by atoms with Crippen molar-refractivity contribution in [3.05, 3.63) is 59.2 Å². The molecule has 1 aliphatic rings. The molecule has 2 aromatic carbocycles. The van der Waals surface area contributed by atoms with Crippen LogP contribution in [0.1, 0.15) is 19.1 Å². The van der Waals surface area contributed by atoms with Crippen LogP contribution in [0.15, 0.2) is 57.9 Å². The molecule has 1 atom stereocenters. The number of aliphatic hydroxyl groups excluding tert-OH is 1. The topological polar surface area (TPSA) is 128 Å². The molecule has 1 aromatic heterocycles. The van der Waals surface area contributed by atoms with Crippen LogP contribution in [0, 0.1) is 11.3 Å². The summed E-state index contributed by atoms with van der Waals surface area (Å²) in [5.41, 5.74) is 1.90. The zero-order valence-electron chi connectivity index (χ0n) is 20.8. The fourth-order valence-corrected chi connectivity index (χ4v) is 4.96. The highest BCUT2D eigenvalue weighted by Gasteiger charge is 2.19. The summed E-state index contributed by atoms with van der Waals surface area (Å²) >= 11 is 0. The van der Waals surface area contributed by atoms with E-state index >= 15 is 0 Å².